The van der Waals surface area contributed by atoms with Gasteiger partial charge in [0.25, 0.3) is 0 Å². The molecule has 0 aliphatic rings. The zero-order valence-corrected chi connectivity index (χ0v) is 14.3. The highest BCUT2D eigenvalue weighted by Crippen LogP contribution is 2.34. The molecule has 1 heterocycles. The number of benzene rings is 1. The van der Waals surface area contributed by atoms with Gasteiger partial charge in [-0.05, 0) is 54.8 Å². The lowest BCUT2D eigenvalue weighted by atomic mass is 10.0. The van der Waals surface area contributed by atoms with E-state index >= 15 is 0 Å². The molecule has 0 unspecified atom stereocenters. The molecule has 2 rings (SSSR count). The topological polar surface area (TPSA) is 34.5 Å². The number of pyridine rings is 1. The molecule has 0 aliphatic carbocycles. The normalized spacial score (nSPS) is 12.2. The molecule has 2 aromatic rings. The van der Waals surface area contributed by atoms with Crippen molar-refractivity contribution in [3.05, 3.63) is 65.5 Å². The Balaban J connectivity index is 2.46. The number of ether oxygens (including phenoxy) is 1. The van der Waals surface area contributed by atoms with E-state index in [0.717, 1.165) is 17.2 Å². The molecule has 0 N–H and O–H groups in total. The maximum absolute atomic E-state index is 13.2. The van der Waals surface area contributed by atoms with Gasteiger partial charge >= 0.3 is 6.18 Å². The van der Waals surface area contributed by atoms with Crippen molar-refractivity contribution < 1.29 is 17.9 Å². The van der Waals surface area contributed by atoms with E-state index in [1.807, 2.05) is 26.0 Å². The summed E-state index contributed by atoms with van der Waals surface area (Å²) in [4.78, 5) is 8.17. The van der Waals surface area contributed by atoms with Crippen LogP contribution in [0.15, 0.2) is 48.1 Å². The average molecular weight is 348 g/mol. The van der Waals surface area contributed by atoms with Crippen molar-refractivity contribution >= 4 is 11.4 Å². The van der Waals surface area contributed by atoms with E-state index in [1.54, 1.807) is 13.2 Å². The minimum atomic E-state index is -4.51. The van der Waals surface area contributed by atoms with Crippen molar-refractivity contribution in [1.82, 2.24) is 4.98 Å². The number of alkyl halides is 3. The number of aryl methyl sites for hydroxylation is 1. The molecule has 0 bridgehead atoms. The summed E-state index contributed by atoms with van der Waals surface area (Å²) in [5.74, 6) is 0.708. The Kier molecular flexibility index (Phi) is 5.62. The van der Waals surface area contributed by atoms with Crippen LogP contribution in [-0.2, 0) is 6.18 Å². The maximum Gasteiger partial charge on any atom is 0.418 e. The van der Waals surface area contributed by atoms with Crippen molar-refractivity contribution in [3.8, 4) is 5.75 Å². The average Bonchev–Trinajstić information content (AvgIpc) is 2.59. The van der Waals surface area contributed by atoms with Gasteiger partial charge < -0.3 is 4.74 Å². The third-order valence-corrected chi connectivity index (χ3v) is 3.74. The standard InChI is InChI=1S/C19H19F3N2O/c1-5-17(15-9-8-14(25-4)11-12(15)2)24-13(3)18-16(19(20,21)22)7-6-10-23-18/h6-11H,3,5H2,1-2,4H3. The first-order chi connectivity index (χ1) is 11.8. The summed E-state index contributed by atoms with van der Waals surface area (Å²) in [6, 6.07) is 7.71. The second kappa shape index (κ2) is 7.51. The molecule has 0 atom stereocenters. The lowest BCUT2D eigenvalue weighted by Crippen LogP contribution is -2.10. The molecule has 1 aromatic heterocycles. The van der Waals surface area contributed by atoms with E-state index in [1.165, 1.54) is 12.3 Å². The van der Waals surface area contributed by atoms with E-state index < -0.39 is 11.7 Å². The molecule has 0 saturated carbocycles. The number of nitrogens with zero attached hydrogens (tertiary/aromatic N) is 2. The van der Waals surface area contributed by atoms with Gasteiger partial charge in [0.2, 0.25) is 0 Å². The minimum Gasteiger partial charge on any atom is -0.497 e. The van der Waals surface area contributed by atoms with Crippen LogP contribution in [0.25, 0.3) is 5.70 Å². The highest BCUT2D eigenvalue weighted by Gasteiger charge is 2.34. The van der Waals surface area contributed by atoms with Gasteiger partial charge in [-0.2, -0.15) is 13.2 Å². The number of aromatic nitrogens is 1. The second-order valence-electron chi connectivity index (χ2n) is 5.44. The maximum atomic E-state index is 13.2. The number of halogens is 3. The predicted molar refractivity (Wildman–Crippen MR) is 92.8 cm³/mol. The van der Waals surface area contributed by atoms with Gasteiger partial charge in [-0.25, -0.2) is 0 Å². The molecule has 3 nitrogen and oxygen atoms in total. The van der Waals surface area contributed by atoms with Crippen molar-refractivity contribution in [2.75, 3.05) is 7.11 Å². The zero-order chi connectivity index (χ0) is 18.6. The van der Waals surface area contributed by atoms with Crippen LogP contribution in [0.1, 0.15) is 35.7 Å². The molecule has 25 heavy (non-hydrogen) atoms. The summed E-state index contributed by atoms with van der Waals surface area (Å²) < 4.78 is 44.6. The Morgan fingerprint density at radius 1 is 1.28 bits per heavy atom. The summed E-state index contributed by atoms with van der Waals surface area (Å²) in [6.45, 7) is 7.49. The van der Waals surface area contributed by atoms with E-state index in [-0.39, 0.29) is 11.4 Å². The smallest absolute Gasteiger partial charge is 0.418 e. The summed E-state index contributed by atoms with van der Waals surface area (Å²) in [5.41, 5.74) is 1.29. The van der Waals surface area contributed by atoms with E-state index in [4.69, 9.17) is 4.74 Å². The number of hydrogen-bond acceptors (Lipinski definition) is 3. The van der Waals surface area contributed by atoms with Gasteiger partial charge in [-0.15, -0.1) is 0 Å². The molecule has 0 aliphatic heterocycles. The predicted octanol–water partition coefficient (Wildman–Crippen LogP) is 5.29. The van der Waals surface area contributed by atoms with Crippen LogP contribution < -0.4 is 4.74 Å². The molecular formula is C19H19F3N2O. The summed E-state index contributed by atoms with van der Waals surface area (Å²) in [7, 11) is 1.57. The molecular weight excluding hydrogens is 329 g/mol. The lowest BCUT2D eigenvalue weighted by Gasteiger charge is -2.13. The van der Waals surface area contributed by atoms with Crippen molar-refractivity contribution in [3.63, 3.8) is 0 Å². The number of aliphatic imine (C=N–C) groups is 1. The van der Waals surface area contributed by atoms with Gasteiger partial charge in [-0.1, -0.05) is 13.5 Å². The molecule has 0 spiro atoms. The van der Waals surface area contributed by atoms with Crippen LogP contribution in [0.5, 0.6) is 5.75 Å². The van der Waals surface area contributed by atoms with Gasteiger partial charge in [0.05, 0.1) is 18.4 Å². The van der Waals surface area contributed by atoms with Crippen LogP contribution >= 0.6 is 0 Å². The molecule has 1 aromatic carbocycles. The monoisotopic (exact) mass is 348 g/mol. The fourth-order valence-corrected chi connectivity index (χ4v) is 2.50. The minimum absolute atomic E-state index is 0.0139. The summed E-state index contributed by atoms with van der Waals surface area (Å²) in [5, 5.41) is 0. The van der Waals surface area contributed by atoms with Crippen molar-refractivity contribution in [2.45, 2.75) is 26.4 Å². The molecule has 6 heteroatoms. The number of hydrogen-bond donors (Lipinski definition) is 0. The van der Waals surface area contributed by atoms with Crippen LogP contribution in [0.4, 0.5) is 13.2 Å². The third-order valence-electron chi connectivity index (χ3n) is 3.74. The Labute approximate surface area is 144 Å². The Morgan fingerprint density at radius 2 is 2.00 bits per heavy atom. The summed E-state index contributed by atoms with van der Waals surface area (Å²) >= 11 is 0. The highest BCUT2D eigenvalue weighted by atomic mass is 19.4. The second-order valence-corrected chi connectivity index (χ2v) is 5.44. The molecule has 0 amide bonds. The van der Waals surface area contributed by atoms with Crippen LogP contribution in [0, 0.1) is 6.92 Å². The molecule has 132 valence electrons. The van der Waals surface area contributed by atoms with E-state index in [0.29, 0.717) is 17.9 Å². The van der Waals surface area contributed by atoms with Crippen LogP contribution in [0.2, 0.25) is 0 Å². The van der Waals surface area contributed by atoms with E-state index in [9.17, 15) is 13.2 Å². The van der Waals surface area contributed by atoms with Gasteiger partial charge in [0.15, 0.2) is 0 Å². The largest absolute Gasteiger partial charge is 0.497 e. The fraction of sp³-hybridized carbons (Fsp3) is 0.263. The third kappa shape index (κ3) is 4.26. The lowest BCUT2D eigenvalue weighted by molar-refractivity contribution is -0.138. The number of rotatable bonds is 5. The Morgan fingerprint density at radius 3 is 2.56 bits per heavy atom. The van der Waals surface area contributed by atoms with Crippen LogP contribution in [0.3, 0.4) is 0 Å². The molecule has 0 radical (unpaired) electrons. The van der Waals surface area contributed by atoms with E-state index in [2.05, 4.69) is 16.6 Å². The first-order valence-corrected chi connectivity index (χ1v) is 7.72. The highest BCUT2D eigenvalue weighted by molar-refractivity contribution is 6.04. The first-order valence-electron chi connectivity index (χ1n) is 7.72. The summed E-state index contributed by atoms with van der Waals surface area (Å²) in [6.07, 6.45) is -2.67. The van der Waals surface area contributed by atoms with Gasteiger partial charge in [0, 0.05) is 11.9 Å². The molecule has 0 fully saturated rings. The SMILES string of the molecule is C=C(N=C(CC)c1ccc(OC)cc1C)c1ncccc1C(F)(F)F. The van der Waals surface area contributed by atoms with Crippen molar-refractivity contribution in [1.29, 1.82) is 0 Å². The zero-order valence-electron chi connectivity index (χ0n) is 14.3. The Hall–Kier alpha value is -2.63. The van der Waals surface area contributed by atoms with Crippen molar-refractivity contribution in [2.24, 2.45) is 4.99 Å². The van der Waals surface area contributed by atoms with Gasteiger partial charge in [0.1, 0.15) is 11.4 Å². The molecule has 0 saturated heterocycles. The first kappa shape index (κ1) is 18.7. The van der Waals surface area contributed by atoms with Crippen LogP contribution in [-0.4, -0.2) is 17.8 Å². The fourth-order valence-electron chi connectivity index (χ4n) is 2.50. The quantitative estimate of drug-likeness (QED) is 0.688. The van der Waals surface area contributed by atoms with Gasteiger partial charge in [-0.3, -0.25) is 9.98 Å². The Bertz CT molecular complexity index is 811. The number of methoxy groups -OCH3 is 1.